The lowest BCUT2D eigenvalue weighted by atomic mass is 10.2. The average molecular weight is 361 g/mol. The fourth-order valence-corrected chi connectivity index (χ4v) is 1.58. The molecule has 0 saturated heterocycles. The first-order chi connectivity index (χ1) is 9.40. The van der Waals surface area contributed by atoms with Crippen LogP contribution in [-0.2, 0) is 10.4 Å². The summed E-state index contributed by atoms with van der Waals surface area (Å²) in [7, 11) is -4.92. The van der Waals surface area contributed by atoms with Crippen LogP contribution in [0.3, 0.4) is 0 Å². The molecule has 114 valence electrons. The second kappa shape index (κ2) is 7.06. The zero-order valence-corrected chi connectivity index (χ0v) is 11.7. The van der Waals surface area contributed by atoms with Gasteiger partial charge in [0.2, 0.25) is 20.8 Å². The highest BCUT2D eigenvalue weighted by Crippen LogP contribution is 2.45. The minimum absolute atomic E-state index is 0.357. The standard InChI is InChI=1S/C6HCl2N4O4.H2O4S/c7-2-1-3(11(13)14)6(12(15)16)4(8)5(2)10-9;1-5(2,3)4/h1H;(H2,1,2,3,4)/q+1;/p-1. The van der Waals surface area contributed by atoms with E-state index >= 15 is 0 Å². The van der Waals surface area contributed by atoms with Crippen molar-refractivity contribution in [1.29, 1.82) is 5.39 Å². The summed E-state index contributed by atoms with van der Waals surface area (Å²) in [4.78, 5) is 21.7. The van der Waals surface area contributed by atoms with Gasteiger partial charge in [-0.1, -0.05) is 23.2 Å². The van der Waals surface area contributed by atoms with Crippen molar-refractivity contribution < 1.29 is 27.4 Å². The number of diazo groups is 1. The molecule has 0 radical (unpaired) electrons. The van der Waals surface area contributed by atoms with Crippen molar-refractivity contribution in [3.63, 3.8) is 0 Å². The van der Waals surface area contributed by atoms with Gasteiger partial charge >= 0.3 is 17.1 Å². The predicted octanol–water partition coefficient (Wildman–Crippen LogP) is 2.30. The first-order valence-electron chi connectivity index (χ1n) is 4.24. The van der Waals surface area contributed by atoms with Crippen molar-refractivity contribution in [2.45, 2.75) is 0 Å². The summed E-state index contributed by atoms with van der Waals surface area (Å²) >= 11 is 11.0. The third-order valence-electron chi connectivity index (χ3n) is 1.63. The Kier molecular flexibility index (Phi) is 6.35. The molecule has 0 aliphatic carbocycles. The number of hydrogen-bond acceptors (Lipinski definition) is 8. The molecule has 1 N–H and O–H groups in total. The molecule has 1 aromatic carbocycles. The van der Waals surface area contributed by atoms with Crippen molar-refractivity contribution in [2.24, 2.45) is 0 Å². The average Bonchev–Trinajstić information content (AvgIpc) is 2.25. The molecule has 1 aromatic rings. The summed E-state index contributed by atoms with van der Waals surface area (Å²) in [6, 6.07) is 0.695. The van der Waals surface area contributed by atoms with E-state index < -0.39 is 42.3 Å². The van der Waals surface area contributed by atoms with Crippen LogP contribution in [0.5, 0.6) is 0 Å². The first kappa shape index (κ1) is 18.9. The predicted molar refractivity (Wildman–Crippen MR) is 66.8 cm³/mol. The fraction of sp³-hybridized carbons (Fsp3) is 0. The van der Waals surface area contributed by atoms with Crippen LogP contribution >= 0.6 is 23.2 Å². The summed E-state index contributed by atoms with van der Waals surface area (Å²) in [5.41, 5.74) is -2.32. The molecule has 0 aliphatic rings. The maximum Gasteiger partial charge on any atom is 0.429 e. The van der Waals surface area contributed by atoms with E-state index in [0.717, 1.165) is 0 Å². The van der Waals surface area contributed by atoms with E-state index in [0.29, 0.717) is 6.07 Å². The Hall–Kier alpha value is -2.11. The van der Waals surface area contributed by atoms with Crippen LogP contribution < -0.4 is 0 Å². The lowest BCUT2D eigenvalue weighted by molar-refractivity contribution is -0.422. The van der Waals surface area contributed by atoms with Gasteiger partial charge in [0.25, 0.3) is 0 Å². The molecular weight excluding hydrogens is 359 g/mol. The van der Waals surface area contributed by atoms with Crippen LogP contribution in [0.25, 0.3) is 4.98 Å². The molecule has 0 aromatic heterocycles. The van der Waals surface area contributed by atoms with Gasteiger partial charge in [-0.25, -0.2) is 8.42 Å². The molecule has 12 nitrogen and oxygen atoms in total. The molecule has 0 amide bonds. The number of hydrogen-bond donors (Lipinski definition) is 1. The Morgan fingerprint density at radius 3 is 1.95 bits per heavy atom. The van der Waals surface area contributed by atoms with Crippen molar-refractivity contribution in [3.05, 3.63) is 41.3 Å². The van der Waals surface area contributed by atoms with E-state index in [9.17, 15) is 20.2 Å². The van der Waals surface area contributed by atoms with Gasteiger partial charge in [0.05, 0.1) is 15.9 Å². The Balaban J connectivity index is 0.000000690. The van der Waals surface area contributed by atoms with Crippen molar-refractivity contribution in [2.75, 3.05) is 0 Å². The summed E-state index contributed by atoms with van der Waals surface area (Å²) in [5.74, 6) is 0. The molecule has 0 unspecified atom stereocenters. The Bertz CT molecular complexity index is 734. The van der Waals surface area contributed by atoms with Crippen LogP contribution in [0.4, 0.5) is 17.1 Å². The van der Waals surface area contributed by atoms with Crippen LogP contribution in [0.2, 0.25) is 10.0 Å². The zero-order chi connectivity index (χ0) is 17.0. The lowest BCUT2D eigenvalue weighted by Gasteiger charge is -1.95. The highest BCUT2D eigenvalue weighted by atomic mass is 35.5. The van der Waals surface area contributed by atoms with Gasteiger partial charge < -0.3 is 4.55 Å². The molecule has 0 fully saturated rings. The summed E-state index contributed by atoms with van der Waals surface area (Å²) in [5, 5.41) is 28.6. The minimum Gasteiger partial charge on any atom is -0.726 e. The summed E-state index contributed by atoms with van der Waals surface area (Å²) < 4.78 is 32.8. The number of benzene rings is 1. The van der Waals surface area contributed by atoms with E-state index in [2.05, 4.69) is 4.98 Å². The van der Waals surface area contributed by atoms with E-state index in [-0.39, 0.29) is 5.02 Å². The monoisotopic (exact) mass is 360 g/mol. The van der Waals surface area contributed by atoms with E-state index in [4.69, 9.17) is 46.1 Å². The molecule has 0 bridgehead atoms. The van der Waals surface area contributed by atoms with Gasteiger partial charge in [-0.15, -0.1) is 0 Å². The normalized spacial score (nSPS) is 10.0. The van der Waals surface area contributed by atoms with Crippen LogP contribution in [-0.4, -0.2) is 27.4 Å². The highest BCUT2D eigenvalue weighted by molar-refractivity contribution is 7.79. The molecule has 0 saturated carbocycles. The zero-order valence-electron chi connectivity index (χ0n) is 9.34. The number of nitrogens with zero attached hydrogens (tertiary/aromatic N) is 4. The van der Waals surface area contributed by atoms with Gasteiger partial charge in [-0.2, -0.15) is 0 Å². The Morgan fingerprint density at radius 2 is 1.67 bits per heavy atom. The maximum absolute atomic E-state index is 10.6. The molecule has 1 rings (SSSR count). The smallest absolute Gasteiger partial charge is 0.429 e. The SMILES string of the molecule is N#[N+]c1c(Cl)cc([N+](=O)[O-])c([N+](=O)[O-])c1Cl.O=S(=O)([O-])O. The first-order valence-corrected chi connectivity index (χ1v) is 6.36. The molecule has 0 aliphatic heterocycles. The second-order valence-corrected chi connectivity index (χ2v) is 4.57. The van der Waals surface area contributed by atoms with Gasteiger partial charge in [0.15, 0.2) is 4.98 Å². The van der Waals surface area contributed by atoms with Crippen LogP contribution in [0, 0.1) is 25.6 Å². The number of nitro groups is 2. The number of halogens is 2. The minimum atomic E-state index is -4.92. The third kappa shape index (κ3) is 5.81. The lowest BCUT2D eigenvalue weighted by Crippen LogP contribution is -1.97. The maximum atomic E-state index is 10.6. The Morgan fingerprint density at radius 1 is 1.24 bits per heavy atom. The van der Waals surface area contributed by atoms with Crippen LogP contribution in [0.1, 0.15) is 0 Å². The second-order valence-electron chi connectivity index (χ2n) is 2.93. The highest BCUT2D eigenvalue weighted by Gasteiger charge is 2.37. The van der Waals surface area contributed by atoms with Gasteiger partial charge in [-0.3, -0.25) is 24.8 Å². The van der Waals surface area contributed by atoms with Crippen molar-refractivity contribution in [3.8, 4) is 0 Å². The topological polar surface area (TPSA) is 192 Å². The molecule has 0 spiro atoms. The largest absolute Gasteiger partial charge is 0.726 e. The summed E-state index contributed by atoms with van der Waals surface area (Å²) in [6.07, 6.45) is 0. The van der Waals surface area contributed by atoms with E-state index in [1.807, 2.05) is 0 Å². The number of rotatable bonds is 2. The van der Waals surface area contributed by atoms with Gasteiger partial charge in [-0.05, 0) is 0 Å². The molecule has 0 atom stereocenters. The van der Waals surface area contributed by atoms with Crippen molar-refractivity contribution in [1.82, 2.24) is 0 Å². The van der Waals surface area contributed by atoms with Crippen molar-refractivity contribution >= 4 is 50.7 Å². The van der Waals surface area contributed by atoms with Gasteiger partial charge in [0, 0.05) is 0 Å². The third-order valence-corrected chi connectivity index (χ3v) is 2.27. The van der Waals surface area contributed by atoms with Crippen LogP contribution in [0.15, 0.2) is 6.07 Å². The summed E-state index contributed by atoms with van der Waals surface area (Å²) in [6.45, 7) is 0. The Labute approximate surface area is 125 Å². The van der Waals surface area contributed by atoms with E-state index in [1.54, 1.807) is 0 Å². The quantitative estimate of drug-likeness (QED) is 0.270. The molecule has 15 heteroatoms. The molecule has 0 heterocycles. The number of nitro benzene ring substituents is 2. The molecule has 21 heavy (non-hydrogen) atoms. The fourth-order valence-electron chi connectivity index (χ4n) is 0.991. The van der Waals surface area contributed by atoms with Gasteiger partial charge in [0.1, 0.15) is 5.02 Å². The van der Waals surface area contributed by atoms with E-state index in [1.165, 1.54) is 0 Å². The molecular formula is C6H2Cl2N4O8S.